The highest BCUT2D eigenvalue weighted by molar-refractivity contribution is 7.90. The highest BCUT2D eigenvalue weighted by Gasteiger charge is 2.11. The van der Waals surface area contributed by atoms with Gasteiger partial charge in [0.05, 0.1) is 25.1 Å². The van der Waals surface area contributed by atoms with E-state index in [1.807, 2.05) is 6.07 Å². The minimum absolute atomic E-state index is 0.277. The second kappa shape index (κ2) is 4.33. The topological polar surface area (TPSA) is 62.8 Å². The number of imidazole rings is 1. The molecule has 0 aliphatic heterocycles. The van der Waals surface area contributed by atoms with Gasteiger partial charge < -0.3 is 4.98 Å². The molecule has 0 saturated carbocycles. The monoisotopic (exact) mass is 312 g/mol. The Labute approximate surface area is 119 Å². The van der Waals surface area contributed by atoms with Crippen molar-refractivity contribution in [2.24, 2.45) is 0 Å². The summed E-state index contributed by atoms with van der Waals surface area (Å²) in [4.78, 5) is 8.73. The number of fused-ring (bicyclic) bond motifs is 1. The number of thiophene rings is 1. The molecule has 0 saturated heterocycles. The summed E-state index contributed by atoms with van der Waals surface area (Å²) in [6.45, 7) is 0. The van der Waals surface area contributed by atoms with Gasteiger partial charge in [-0.25, -0.2) is 13.4 Å². The molecule has 3 aromatic rings. The number of rotatable bonds is 2. The van der Waals surface area contributed by atoms with E-state index >= 15 is 0 Å². The molecule has 7 heteroatoms. The quantitative estimate of drug-likeness (QED) is 0.789. The third kappa shape index (κ3) is 2.39. The number of nitrogens with zero attached hydrogens (tertiary/aromatic N) is 1. The molecule has 0 aliphatic rings. The Kier molecular flexibility index (Phi) is 2.88. The Hall–Kier alpha value is -1.37. The van der Waals surface area contributed by atoms with Crippen molar-refractivity contribution < 1.29 is 8.42 Å². The molecule has 2 aromatic heterocycles. The van der Waals surface area contributed by atoms with Gasteiger partial charge in [-0.05, 0) is 30.3 Å². The summed E-state index contributed by atoms with van der Waals surface area (Å²) in [5.41, 5.74) is 1.43. The number of hydrogen-bond donors (Lipinski definition) is 1. The van der Waals surface area contributed by atoms with Crippen molar-refractivity contribution in [3.8, 4) is 10.7 Å². The van der Waals surface area contributed by atoms with Gasteiger partial charge in [-0.2, -0.15) is 0 Å². The third-order valence-corrected chi connectivity index (χ3v) is 5.04. The zero-order valence-corrected chi connectivity index (χ0v) is 12.2. The number of halogens is 1. The summed E-state index contributed by atoms with van der Waals surface area (Å²) in [5, 5.41) is 0. The van der Waals surface area contributed by atoms with Crippen LogP contribution in [0.25, 0.3) is 21.7 Å². The van der Waals surface area contributed by atoms with Crippen molar-refractivity contribution in [1.82, 2.24) is 9.97 Å². The van der Waals surface area contributed by atoms with Crippen LogP contribution in [0.5, 0.6) is 0 Å². The summed E-state index contributed by atoms with van der Waals surface area (Å²) < 4.78 is 23.7. The molecule has 0 fully saturated rings. The predicted octanol–water partition coefficient (Wildman–Crippen LogP) is 3.35. The van der Waals surface area contributed by atoms with Crippen molar-refractivity contribution in [3.05, 3.63) is 34.7 Å². The van der Waals surface area contributed by atoms with E-state index in [2.05, 4.69) is 9.97 Å². The fourth-order valence-electron chi connectivity index (χ4n) is 1.78. The van der Waals surface area contributed by atoms with Crippen LogP contribution in [0.1, 0.15) is 0 Å². The first-order valence-electron chi connectivity index (χ1n) is 5.39. The minimum Gasteiger partial charge on any atom is -0.337 e. The first-order valence-corrected chi connectivity index (χ1v) is 8.47. The highest BCUT2D eigenvalue weighted by atomic mass is 35.5. The third-order valence-electron chi connectivity index (χ3n) is 2.69. The normalized spacial score (nSPS) is 12.1. The standard InChI is InChI=1S/C12H9ClN2O2S2/c1-19(16,17)7-2-3-8-9(6-7)15-12(14-8)10-4-5-11(13)18-10/h2-6H,1H3,(H,14,15). The molecule has 4 nitrogen and oxygen atoms in total. The van der Waals surface area contributed by atoms with E-state index in [0.29, 0.717) is 15.7 Å². The highest BCUT2D eigenvalue weighted by Crippen LogP contribution is 2.30. The molecule has 0 amide bonds. The molecule has 0 unspecified atom stereocenters. The lowest BCUT2D eigenvalue weighted by molar-refractivity contribution is 0.602. The van der Waals surface area contributed by atoms with Gasteiger partial charge in [0.15, 0.2) is 9.84 Å². The van der Waals surface area contributed by atoms with E-state index in [9.17, 15) is 8.42 Å². The first-order chi connectivity index (χ1) is 8.93. The van der Waals surface area contributed by atoms with E-state index in [-0.39, 0.29) is 4.90 Å². The van der Waals surface area contributed by atoms with Crippen LogP contribution in [0.4, 0.5) is 0 Å². The maximum atomic E-state index is 11.5. The molecular weight excluding hydrogens is 304 g/mol. The molecule has 3 rings (SSSR count). The Morgan fingerprint density at radius 3 is 2.68 bits per heavy atom. The number of nitrogens with one attached hydrogen (secondary N) is 1. The summed E-state index contributed by atoms with van der Waals surface area (Å²) >= 11 is 7.31. The van der Waals surface area contributed by atoms with Crippen LogP contribution >= 0.6 is 22.9 Å². The Morgan fingerprint density at radius 2 is 2.05 bits per heavy atom. The average Bonchev–Trinajstić information content (AvgIpc) is 2.92. The lowest BCUT2D eigenvalue weighted by Gasteiger charge is -1.96. The minimum atomic E-state index is -3.21. The van der Waals surface area contributed by atoms with Crippen LogP contribution in [0, 0.1) is 0 Å². The lowest BCUT2D eigenvalue weighted by atomic mass is 10.3. The lowest BCUT2D eigenvalue weighted by Crippen LogP contribution is -1.96. The molecule has 98 valence electrons. The Balaban J connectivity index is 2.16. The van der Waals surface area contributed by atoms with Gasteiger partial charge in [0.1, 0.15) is 5.82 Å². The maximum absolute atomic E-state index is 11.5. The first kappa shape index (κ1) is 12.7. The van der Waals surface area contributed by atoms with Gasteiger partial charge in [0.2, 0.25) is 0 Å². The number of H-pyrrole nitrogens is 1. The Morgan fingerprint density at radius 1 is 1.26 bits per heavy atom. The molecule has 0 aliphatic carbocycles. The zero-order chi connectivity index (χ0) is 13.6. The van der Waals surface area contributed by atoms with Crippen LogP contribution in [0.15, 0.2) is 35.2 Å². The number of aromatic amines is 1. The van der Waals surface area contributed by atoms with Crippen molar-refractivity contribution in [3.63, 3.8) is 0 Å². The van der Waals surface area contributed by atoms with Crippen LogP contribution in [0.3, 0.4) is 0 Å². The molecule has 1 N–H and O–H groups in total. The second-order valence-corrected chi connectivity index (χ2v) is 7.87. The predicted molar refractivity (Wildman–Crippen MR) is 77.5 cm³/mol. The summed E-state index contributed by atoms with van der Waals surface area (Å²) in [7, 11) is -3.21. The molecule has 0 atom stereocenters. The van der Waals surface area contributed by atoms with Gasteiger partial charge in [-0.3, -0.25) is 0 Å². The molecule has 2 heterocycles. The zero-order valence-electron chi connectivity index (χ0n) is 9.84. The van der Waals surface area contributed by atoms with Crippen LogP contribution in [0.2, 0.25) is 4.34 Å². The van der Waals surface area contributed by atoms with E-state index in [1.54, 1.807) is 24.3 Å². The van der Waals surface area contributed by atoms with Crippen LogP contribution in [-0.4, -0.2) is 24.6 Å². The maximum Gasteiger partial charge on any atom is 0.175 e. The van der Waals surface area contributed by atoms with E-state index < -0.39 is 9.84 Å². The number of hydrogen-bond acceptors (Lipinski definition) is 4. The summed E-state index contributed by atoms with van der Waals surface area (Å²) in [6.07, 6.45) is 1.19. The van der Waals surface area contributed by atoms with E-state index in [1.165, 1.54) is 17.6 Å². The summed E-state index contributed by atoms with van der Waals surface area (Å²) in [5.74, 6) is 0.692. The van der Waals surface area contributed by atoms with Crippen molar-refractivity contribution in [2.75, 3.05) is 6.26 Å². The number of aromatic nitrogens is 2. The molecule has 19 heavy (non-hydrogen) atoms. The smallest absolute Gasteiger partial charge is 0.175 e. The molecular formula is C12H9ClN2O2S2. The van der Waals surface area contributed by atoms with Crippen LogP contribution < -0.4 is 0 Å². The van der Waals surface area contributed by atoms with Crippen molar-refractivity contribution in [1.29, 1.82) is 0 Å². The van der Waals surface area contributed by atoms with Gasteiger partial charge in [0.25, 0.3) is 0 Å². The van der Waals surface area contributed by atoms with E-state index in [0.717, 1.165) is 10.4 Å². The molecule has 1 aromatic carbocycles. The molecule has 0 spiro atoms. The number of benzene rings is 1. The fraction of sp³-hybridized carbons (Fsp3) is 0.0833. The molecule has 0 bridgehead atoms. The average molecular weight is 313 g/mol. The largest absolute Gasteiger partial charge is 0.337 e. The SMILES string of the molecule is CS(=O)(=O)c1ccc2nc(-c3ccc(Cl)s3)[nH]c2c1. The molecule has 0 radical (unpaired) electrons. The van der Waals surface area contributed by atoms with Crippen molar-refractivity contribution >= 4 is 43.8 Å². The van der Waals surface area contributed by atoms with E-state index in [4.69, 9.17) is 11.6 Å². The van der Waals surface area contributed by atoms with Gasteiger partial charge in [-0.1, -0.05) is 11.6 Å². The van der Waals surface area contributed by atoms with Crippen molar-refractivity contribution in [2.45, 2.75) is 4.90 Å². The fourth-order valence-corrected chi connectivity index (χ4v) is 3.41. The summed E-state index contributed by atoms with van der Waals surface area (Å²) in [6, 6.07) is 8.53. The van der Waals surface area contributed by atoms with Gasteiger partial charge in [-0.15, -0.1) is 11.3 Å². The van der Waals surface area contributed by atoms with Gasteiger partial charge >= 0.3 is 0 Å². The van der Waals surface area contributed by atoms with Crippen LogP contribution in [-0.2, 0) is 9.84 Å². The number of sulfone groups is 1. The Bertz CT molecular complexity index is 865. The second-order valence-electron chi connectivity index (χ2n) is 4.14. The van der Waals surface area contributed by atoms with Gasteiger partial charge in [0, 0.05) is 6.26 Å².